The third kappa shape index (κ3) is 3.32. The number of ether oxygens (including phenoxy) is 1. The minimum Gasteiger partial charge on any atom is -0.376 e. The van der Waals surface area contributed by atoms with E-state index in [1.165, 1.54) is 12.8 Å². The summed E-state index contributed by atoms with van der Waals surface area (Å²) in [6.07, 6.45) is 8.15. The molecule has 104 valence electrons. The summed E-state index contributed by atoms with van der Waals surface area (Å²) in [5.41, 5.74) is 0. The Kier molecular flexibility index (Phi) is 5.18. The lowest BCUT2D eigenvalue weighted by Gasteiger charge is -2.29. The minimum absolute atomic E-state index is 0.0523. The Hall–Kier alpha value is -0.420. The van der Waals surface area contributed by atoms with Crippen molar-refractivity contribution in [1.82, 2.24) is 10.2 Å². The number of rotatable bonds is 4. The summed E-state index contributed by atoms with van der Waals surface area (Å²) in [5.74, 6) is 0. The van der Waals surface area contributed by atoms with E-state index >= 15 is 0 Å². The molecule has 18 heavy (non-hydrogen) atoms. The Labute approximate surface area is 114 Å². The molecule has 1 saturated carbocycles. The maximum atomic E-state index is 12.1. The summed E-state index contributed by atoms with van der Waals surface area (Å²) in [5, 5.41) is 3.60. The molecule has 4 nitrogen and oxygen atoms in total. The van der Waals surface area contributed by atoms with E-state index in [0.717, 1.165) is 25.9 Å². The van der Waals surface area contributed by atoms with Gasteiger partial charge in [0.15, 0.2) is 0 Å². The molecule has 5 heteroatoms. The van der Waals surface area contributed by atoms with Crippen molar-refractivity contribution in [3.05, 3.63) is 0 Å². The molecule has 0 spiro atoms. The first-order valence-corrected chi connectivity index (χ1v) is 8.16. The van der Waals surface area contributed by atoms with Crippen LogP contribution in [0.25, 0.3) is 0 Å². The summed E-state index contributed by atoms with van der Waals surface area (Å²) in [7, 11) is 1.92. The van der Waals surface area contributed by atoms with Crippen LogP contribution in [0.1, 0.15) is 32.1 Å². The SMILES string of the molecule is CS[C@@H]1CCC[C@H]1N(C)C(=O)NC[C@H]1CCCO1. The predicted molar refractivity (Wildman–Crippen MR) is 75.1 cm³/mol. The Morgan fingerprint density at radius 2 is 2.22 bits per heavy atom. The maximum absolute atomic E-state index is 12.1. The van der Waals surface area contributed by atoms with Gasteiger partial charge in [0.05, 0.1) is 6.10 Å². The first-order chi connectivity index (χ1) is 8.72. The molecule has 2 rings (SSSR count). The van der Waals surface area contributed by atoms with Crippen molar-refractivity contribution < 1.29 is 9.53 Å². The number of carbonyl (C=O) groups excluding carboxylic acids is 1. The molecular weight excluding hydrogens is 248 g/mol. The van der Waals surface area contributed by atoms with Crippen LogP contribution >= 0.6 is 11.8 Å². The van der Waals surface area contributed by atoms with Gasteiger partial charge in [-0.25, -0.2) is 4.79 Å². The smallest absolute Gasteiger partial charge is 0.317 e. The van der Waals surface area contributed by atoms with Gasteiger partial charge in [-0.2, -0.15) is 11.8 Å². The first kappa shape index (κ1) is 14.0. The molecule has 0 aromatic heterocycles. The number of nitrogens with one attached hydrogen (secondary N) is 1. The molecule has 1 heterocycles. The maximum Gasteiger partial charge on any atom is 0.317 e. The molecule has 0 unspecified atom stereocenters. The molecular formula is C13H24N2O2S. The number of carbonyl (C=O) groups is 1. The molecule has 2 aliphatic rings. The molecule has 2 amide bonds. The van der Waals surface area contributed by atoms with Crippen LogP contribution in [0, 0.1) is 0 Å². The first-order valence-electron chi connectivity index (χ1n) is 6.87. The largest absolute Gasteiger partial charge is 0.376 e. The van der Waals surface area contributed by atoms with Crippen molar-refractivity contribution >= 4 is 17.8 Å². The van der Waals surface area contributed by atoms with Crippen LogP contribution in [0.15, 0.2) is 0 Å². The van der Waals surface area contributed by atoms with Gasteiger partial charge in [0.2, 0.25) is 0 Å². The third-order valence-electron chi connectivity index (χ3n) is 4.04. The quantitative estimate of drug-likeness (QED) is 0.852. The molecule has 1 aliphatic heterocycles. The van der Waals surface area contributed by atoms with Crippen molar-refractivity contribution in [2.45, 2.75) is 49.5 Å². The minimum atomic E-state index is 0.0523. The lowest BCUT2D eigenvalue weighted by atomic mass is 10.2. The van der Waals surface area contributed by atoms with Gasteiger partial charge >= 0.3 is 6.03 Å². The zero-order chi connectivity index (χ0) is 13.0. The topological polar surface area (TPSA) is 41.6 Å². The Bertz CT molecular complexity index is 282. The number of amides is 2. The lowest BCUT2D eigenvalue weighted by molar-refractivity contribution is 0.108. The summed E-state index contributed by atoms with van der Waals surface area (Å²) in [6.45, 7) is 1.49. The van der Waals surface area contributed by atoms with Crippen molar-refractivity contribution in [3.63, 3.8) is 0 Å². The highest BCUT2D eigenvalue weighted by Gasteiger charge is 2.32. The number of hydrogen-bond donors (Lipinski definition) is 1. The summed E-state index contributed by atoms with van der Waals surface area (Å²) < 4.78 is 5.51. The van der Waals surface area contributed by atoms with Gasteiger partial charge in [-0.05, 0) is 31.9 Å². The van der Waals surface area contributed by atoms with Gasteiger partial charge in [-0.1, -0.05) is 6.42 Å². The van der Waals surface area contributed by atoms with Gasteiger partial charge in [0.25, 0.3) is 0 Å². The van der Waals surface area contributed by atoms with Gasteiger partial charge in [-0.15, -0.1) is 0 Å². The molecule has 0 radical (unpaired) electrons. The Balaban J connectivity index is 1.76. The Morgan fingerprint density at radius 1 is 1.39 bits per heavy atom. The van der Waals surface area contributed by atoms with Crippen molar-refractivity contribution in [3.8, 4) is 0 Å². The monoisotopic (exact) mass is 272 g/mol. The van der Waals surface area contributed by atoms with Crippen LogP contribution in [-0.2, 0) is 4.74 Å². The summed E-state index contributed by atoms with van der Waals surface area (Å²) in [4.78, 5) is 14.0. The lowest BCUT2D eigenvalue weighted by Crippen LogP contribution is -2.47. The second-order valence-corrected chi connectivity index (χ2v) is 6.28. The molecule has 1 N–H and O–H groups in total. The average Bonchev–Trinajstić information content (AvgIpc) is 3.05. The van der Waals surface area contributed by atoms with E-state index in [2.05, 4.69) is 11.6 Å². The summed E-state index contributed by atoms with van der Waals surface area (Å²) in [6, 6.07) is 0.445. The zero-order valence-electron chi connectivity index (χ0n) is 11.4. The van der Waals surface area contributed by atoms with Crippen molar-refractivity contribution in [2.24, 2.45) is 0 Å². The molecule has 1 aliphatic carbocycles. The zero-order valence-corrected chi connectivity index (χ0v) is 12.2. The number of thioether (sulfide) groups is 1. The van der Waals surface area contributed by atoms with E-state index in [1.54, 1.807) is 0 Å². The van der Waals surface area contributed by atoms with Gasteiger partial charge in [0, 0.05) is 31.5 Å². The fraction of sp³-hybridized carbons (Fsp3) is 0.923. The molecule has 0 aromatic rings. The van der Waals surface area contributed by atoms with E-state index in [-0.39, 0.29) is 12.1 Å². The molecule has 0 bridgehead atoms. The Morgan fingerprint density at radius 3 is 2.89 bits per heavy atom. The van der Waals surface area contributed by atoms with Gasteiger partial charge in [0.1, 0.15) is 0 Å². The second kappa shape index (κ2) is 6.66. The van der Waals surface area contributed by atoms with E-state index < -0.39 is 0 Å². The van der Waals surface area contributed by atoms with Crippen molar-refractivity contribution in [2.75, 3.05) is 26.5 Å². The third-order valence-corrected chi connectivity index (χ3v) is 5.20. The fourth-order valence-corrected chi connectivity index (χ4v) is 3.94. The van der Waals surface area contributed by atoms with E-state index in [0.29, 0.717) is 17.8 Å². The number of hydrogen-bond acceptors (Lipinski definition) is 3. The standard InChI is InChI=1S/C13H24N2O2S/c1-15(11-6-3-7-12(11)18-2)13(16)14-9-10-5-4-8-17-10/h10-12H,3-9H2,1-2H3,(H,14,16)/t10-,11-,12-/m1/s1. The normalized spacial score (nSPS) is 31.6. The average molecular weight is 272 g/mol. The highest BCUT2D eigenvalue weighted by Crippen LogP contribution is 2.31. The molecule has 3 atom stereocenters. The van der Waals surface area contributed by atoms with Crippen LogP contribution in [0.5, 0.6) is 0 Å². The predicted octanol–water partition coefficient (Wildman–Crippen LogP) is 2.09. The van der Waals surface area contributed by atoms with Crippen molar-refractivity contribution in [1.29, 1.82) is 0 Å². The van der Waals surface area contributed by atoms with Gasteiger partial charge < -0.3 is 15.0 Å². The molecule has 0 aromatic carbocycles. The number of urea groups is 1. The van der Waals surface area contributed by atoms with E-state index in [4.69, 9.17) is 4.74 Å². The van der Waals surface area contributed by atoms with E-state index in [9.17, 15) is 4.79 Å². The van der Waals surface area contributed by atoms with Crippen LogP contribution in [0.2, 0.25) is 0 Å². The van der Waals surface area contributed by atoms with Crippen LogP contribution in [0.4, 0.5) is 4.79 Å². The molecule has 1 saturated heterocycles. The van der Waals surface area contributed by atoms with E-state index in [1.807, 2.05) is 23.7 Å². The molecule has 2 fully saturated rings. The van der Waals surface area contributed by atoms with Crippen LogP contribution in [-0.4, -0.2) is 54.8 Å². The highest BCUT2D eigenvalue weighted by atomic mass is 32.2. The highest BCUT2D eigenvalue weighted by molar-refractivity contribution is 7.99. The van der Waals surface area contributed by atoms with Gasteiger partial charge in [-0.3, -0.25) is 0 Å². The van der Waals surface area contributed by atoms with Crippen LogP contribution in [0.3, 0.4) is 0 Å². The van der Waals surface area contributed by atoms with Crippen LogP contribution < -0.4 is 5.32 Å². The second-order valence-electron chi connectivity index (χ2n) is 5.20. The fourth-order valence-electron chi connectivity index (χ4n) is 2.91. The number of nitrogens with zero attached hydrogens (tertiary/aromatic N) is 1. The summed E-state index contributed by atoms with van der Waals surface area (Å²) >= 11 is 1.88.